The lowest BCUT2D eigenvalue weighted by atomic mass is 9.73. The van der Waals surface area contributed by atoms with Gasteiger partial charge in [0.05, 0.1) is 0 Å². The van der Waals surface area contributed by atoms with Gasteiger partial charge < -0.3 is 5.11 Å². The first-order valence-corrected chi connectivity index (χ1v) is 8.49. The summed E-state index contributed by atoms with van der Waals surface area (Å²) in [5.74, 6) is -0.295. The van der Waals surface area contributed by atoms with Crippen LogP contribution in [-0.4, -0.2) is 16.1 Å². The Morgan fingerprint density at radius 1 is 1.33 bits per heavy atom. The highest BCUT2D eigenvalue weighted by Crippen LogP contribution is 2.60. The van der Waals surface area contributed by atoms with Gasteiger partial charge in [-0.15, -0.1) is 0 Å². The second-order valence-corrected chi connectivity index (χ2v) is 7.22. The molecule has 24 heavy (non-hydrogen) atoms. The van der Waals surface area contributed by atoms with Gasteiger partial charge in [0.1, 0.15) is 5.69 Å². The Bertz CT molecular complexity index is 851. The Labute approximate surface area is 142 Å². The van der Waals surface area contributed by atoms with Crippen molar-refractivity contribution in [1.29, 1.82) is 0 Å². The summed E-state index contributed by atoms with van der Waals surface area (Å²) in [6.07, 6.45) is 7.50. The highest BCUT2D eigenvalue weighted by Gasteiger charge is 2.49. The van der Waals surface area contributed by atoms with Gasteiger partial charge in [-0.1, -0.05) is 41.5 Å². The van der Waals surface area contributed by atoms with E-state index in [0.29, 0.717) is 5.92 Å². The van der Waals surface area contributed by atoms with E-state index in [9.17, 15) is 4.79 Å². The Morgan fingerprint density at radius 3 is 2.88 bits per heavy atom. The summed E-state index contributed by atoms with van der Waals surface area (Å²) >= 11 is 0. The summed E-state index contributed by atoms with van der Waals surface area (Å²) in [5, 5.41) is 8.97. The zero-order valence-corrected chi connectivity index (χ0v) is 14.0. The fourth-order valence-electron chi connectivity index (χ4n) is 4.57. The first kappa shape index (κ1) is 15.1. The summed E-state index contributed by atoms with van der Waals surface area (Å²) < 4.78 is 0. The van der Waals surface area contributed by atoms with Gasteiger partial charge in [-0.3, -0.25) is 0 Å². The smallest absolute Gasteiger partial charge is 0.354 e. The molecule has 4 rings (SSSR count). The van der Waals surface area contributed by atoms with Crippen LogP contribution in [0.3, 0.4) is 0 Å². The Balaban J connectivity index is 1.73. The van der Waals surface area contributed by atoms with Gasteiger partial charge in [0.15, 0.2) is 0 Å². The van der Waals surface area contributed by atoms with Gasteiger partial charge in [0.2, 0.25) is 0 Å². The number of fused-ring (bicyclic) bond motifs is 5. The molecule has 2 atom stereocenters. The quantitative estimate of drug-likeness (QED) is 0.891. The summed E-state index contributed by atoms with van der Waals surface area (Å²) in [7, 11) is 0. The molecule has 2 aliphatic carbocycles. The lowest BCUT2D eigenvalue weighted by molar-refractivity contribution is 0.0690. The molecule has 2 unspecified atom stereocenters. The molecule has 2 bridgehead atoms. The Kier molecular flexibility index (Phi) is 3.34. The van der Waals surface area contributed by atoms with E-state index in [1.807, 2.05) is 6.07 Å². The van der Waals surface area contributed by atoms with Crippen molar-refractivity contribution in [3.8, 4) is 0 Å². The van der Waals surface area contributed by atoms with Gasteiger partial charge in [0, 0.05) is 11.6 Å². The van der Waals surface area contributed by atoms with Crippen molar-refractivity contribution in [2.45, 2.75) is 44.4 Å². The maximum absolute atomic E-state index is 10.9. The highest BCUT2D eigenvalue weighted by molar-refractivity contribution is 5.85. The monoisotopic (exact) mass is 319 g/mol. The second kappa shape index (κ2) is 5.30. The summed E-state index contributed by atoms with van der Waals surface area (Å²) in [6.45, 7) is 4.37. The van der Waals surface area contributed by atoms with E-state index in [1.54, 1.807) is 12.3 Å². The van der Waals surface area contributed by atoms with Gasteiger partial charge in [-0.2, -0.15) is 0 Å². The Morgan fingerprint density at radius 2 is 2.17 bits per heavy atom. The lowest BCUT2D eigenvalue weighted by Gasteiger charge is -2.31. The van der Waals surface area contributed by atoms with Crippen LogP contribution < -0.4 is 0 Å². The van der Waals surface area contributed by atoms with Crippen molar-refractivity contribution < 1.29 is 9.90 Å². The van der Waals surface area contributed by atoms with Crippen LogP contribution in [0.25, 0.3) is 6.08 Å². The molecular formula is C21H21NO2. The number of rotatable bonds is 3. The molecule has 0 saturated heterocycles. The van der Waals surface area contributed by atoms with Crippen molar-refractivity contribution >= 4 is 12.0 Å². The van der Waals surface area contributed by atoms with Crippen LogP contribution in [0.1, 0.15) is 64.8 Å². The molecule has 122 valence electrons. The maximum Gasteiger partial charge on any atom is 0.354 e. The first-order valence-electron chi connectivity index (χ1n) is 8.49. The molecule has 3 heteroatoms. The van der Waals surface area contributed by atoms with Crippen LogP contribution in [0.5, 0.6) is 0 Å². The molecule has 2 aliphatic rings. The number of pyridine rings is 1. The van der Waals surface area contributed by atoms with Crippen LogP contribution in [0, 0.1) is 6.92 Å². The number of aromatic carboxylic acids is 1. The topological polar surface area (TPSA) is 50.2 Å². The molecule has 3 nitrogen and oxygen atoms in total. The molecule has 1 fully saturated rings. The van der Waals surface area contributed by atoms with Gasteiger partial charge >= 0.3 is 5.97 Å². The molecule has 1 heterocycles. The number of nitrogens with zero attached hydrogens (tertiary/aromatic N) is 1. The lowest BCUT2D eigenvalue weighted by Crippen LogP contribution is -2.22. The third kappa shape index (κ3) is 2.19. The Hall–Kier alpha value is -2.42. The third-order valence-corrected chi connectivity index (χ3v) is 5.82. The zero-order chi connectivity index (χ0) is 16.9. The van der Waals surface area contributed by atoms with E-state index in [-0.39, 0.29) is 11.1 Å². The first-order chi connectivity index (χ1) is 11.5. The molecule has 1 saturated carbocycles. The van der Waals surface area contributed by atoms with Gasteiger partial charge in [0.25, 0.3) is 0 Å². The van der Waals surface area contributed by atoms with E-state index < -0.39 is 5.97 Å². The van der Waals surface area contributed by atoms with Crippen molar-refractivity contribution in [3.63, 3.8) is 0 Å². The number of hydrogen-bond donors (Lipinski definition) is 1. The van der Waals surface area contributed by atoms with Crippen molar-refractivity contribution in [3.05, 3.63) is 70.0 Å². The number of aromatic nitrogens is 1. The number of aryl methyl sites for hydroxylation is 1. The average Bonchev–Trinajstić information content (AvgIpc) is 3.13. The minimum absolute atomic E-state index is 0.0886. The predicted octanol–water partition coefficient (Wildman–Crippen LogP) is 4.71. The van der Waals surface area contributed by atoms with Crippen molar-refractivity contribution in [2.24, 2.45) is 0 Å². The molecule has 0 amide bonds. The third-order valence-electron chi connectivity index (χ3n) is 5.82. The molecule has 1 aromatic heterocycles. The molecule has 0 aliphatic heterocycles. The normalized spacial score (nSPS) is 24.9. The summed E-state index contributed by atoms with van der Waals surface area (Å²) in [6, 6.07) is 10.3. The largest absolute Gasteiger partial charge is 0.477 e. The summed E-state index contributed by atoms with van der Waals surface area (Å²) in [4.78, 5) is 15.0. The van der Waals surface area contributed by atoms with E-state index in [0.717, 1.165) is 5.56 Å². The molecular weight excluding hydrogens is 298 g/mol. The number of carboxylic acid groups (broad SMARTS) is 1. The highest BCUT2D eigenvalue weighted by atomic mass is 16.4. The van der Waals surface area contributed by atoms with Crippen LogP contribution in [0.4, 0.5) is 0 Å². The molecule has 2 aromatic rings. The molecule has 1 aromatic carbocycles. The summed E-state index contributed by atoms with van der Waals surface area (Å²) in [5.41, 5.74) is 6.92. The van der Waals surface area contributed by atoms with Crippen LogP contribution in [0.2, 0.25) is 0 Å². The number of carboxylic acids is 1. The van der Waals surface area contributed by atoms with E-state index >= 15 is 0 Å². The fraction of sp³-hybridized carbons (Fsp3) is 0.333. The molecule has 0 spiro atoms. The van der Waals surface area contributed by atoms with Crippen LogP contribution >= 0.6 is 0 Å². The van der Waals surface area contributed by atoms with Gasteiger partial charge in [-0.25, -0.2) is 9.78 Å². The second-order valence-electron chi connectivity index (χ2n) is 7.22. The fourth-order valence-corrected chi connectivity index (χ4v) is 4.57. The number of benzene rings is 1. The maximum atomic E-state index is 10.9. The van der Waals surface area contributed by atoms with E-state index in [1.165, 1.54) is 41.5 Å². The van der Waals surface area contributed by atoms with Gasteiger partial charge in [-0.05, 0) is 61.8 Å². The minimum Gasteiger partial charge on any atom is -0.477 e. The van der Waals surface area contributed by atoms with Crippen LogP contribution in [-0.2, 0) is 5.41 Å². The number of carbonyl (C=O) groups is 1. The number of allylic oxidation sites excluding steroid dienone is 1. The van der Waals surface area contributed by atoms with Crippen molar-refractivity contribution in [2.75, 3.05) is 0 Å². The number of hydrogen-bond acceptors (Lipinski definition) is 2. The van der Waals surface area contributed by atoms with Crippen molar-refractivity contribution in [1.82, 2.24) is 4.98 Å². The standard InChI is InChI=1S/C21H21NO2/c1-13-3-5-17-16-7-8-21(11-16,18(17)9-13)14(2)10-15-4-6-19(20(23)24)22-12-15/h3-6,9-10,12,16H,7-8,11H2,1-2H3,(H,23,24)/b14-10+. The minimum atomic E-state index is -0.986. The van der Waals surface area contributed by atoms with E-state index in [2.05, 4.69) is 43.1 Å². The SMILES string of the molecule is C/C(=C\c1ccc(C(=O)O)nc1)C12CCC(C1)c1ccc(C)cc12. The predicted molar refractivity (Wildman–Crippen MR) is 94.3 cm³/mol. The average molecular weight is 319 g/mol. The zero-order valence-electron chi connectivity index (χ0n) is 14.0. The van der Waals surface area contributed by atoms with E-state index in [4.69, 9.17) is 5.11 Å². The molecule has 1 N–H and O–H groups in total. The van der Waals surface area contributed by atoms with Crippen LogP contribution in [0.15, 0.2) is 42.1 Å². The molecule has 0 radical (unpaired) electrons.